The minimum absolute atomic E-state index is 0.0610. The Kier molecular flexibility index (Phi) is 7.53. The molecule has 1 spiro atoms. The average molecular weight is 465 g/mol. The summed E-state index contributed by atoms with van der Waals surface area (Å²) >= 11 is 0. The van der Waals surface area contributed by atoms with Crippen LogP contribution in [-0.2, 0) is 15.9 Å². The first-order chi connectivity index (χ1) is 15.5. The number of hydrogen-bond donors (Lipinski definition) is 4. The quantitative estimate of drug-likeness (QED) is 0.323. The van der Waals surface area contributed by atoms with Crippen LogP contribution in [0.15, 0.2) is 6.07 Å². The predicted octanol–water partition coefficient (Wildman–Crippen LogP) is 3.11. The Balaban J connectivity index is 1.97. The molecule has 33 heavy (non-hydrogen) atoms. The van der Waals surface area contributed by atoms with Crippen LogP contribution in [0.4, 0.5) is 0 Å². The van der Waals surface area contributed by atoms with Crippen LogP contribution in [0.3, 0.4) is 0 Å². The Hall–Kier alpha value is -2.00. The number of phenolic OH excluding ortho intramolecular Hbond substituents is 2. The van der Waals surface area contributed by atoms with Gasteiger partial charge in [0.15, 0.2) is 23.5 Å². The number of carbonyl (C=O) groups is 2. The molecule has 0 saturated carbocycles. The Morgan fingerprint density at radius 1 is 1.18 bits per heavy atom. The van der Waals surface area contributed by atoms with Crippen molar-refractivity contribution < 1.29 is 39.5 Å². The van der Waals surface area contributed by atoms with E-state index in [1.54, 1.807) is 0 Å². The monoisotopic (exact) mass is 464 g/mol. The molecule has 2 aliphatic rings. The fourth-order valence-corrected chi connectivity index (χ4v) is 5.11. The molecule has 6 atom stereocenters. The summed E-state index contributed by atoms with van der Waals surface area (Å²) in [4.78, 5) is 25.8. The van der Waals surface area contributed by atoms with Crippen LogP contribution in [-0.4, -0.2) is 62.2 Å². The van der Waals surface area contributed by atoms with E-state index in [4.69, 9.17) is 9.47 Å². The number of phenols is 2. The van der Waals surface area contributed by atoms with Crippen LogP contribution in [0.2, 0.25) is 0 Å². The highest BCUT2D eigenvalue weighted by Gasteiger charge is 2.68. The van der Waals surface area contributed by atoms with Crippen molar-refractivity contribution in [3.63, 3.8) is 0 Å². The average Bonchev–Trinajstić information content (AvgIpc) is 3.47. The van der Waals surface area contributed by atoms with Crippen molar-refractivity contribution in [2.24, 2.45) is 11.8 Å². The van der Waals surface area contributed by atoms with Gasteiger partial charge in [-0.05, 0) is 43.7 Å². The lowest BCUT2D eigenvalue weighted by molar-refractivity contribution is -0.239. The number of epoxide rings is 1. The highest BCUT2D eigenvalue weighted by Crippen LogP contribution is 2.50. The van der Waals surface area contributed by atoms with Gasteiger partial charge in [-0.2, -0.15) is 0 Å². The van der Waals surface area contributed by atoms with Gasteiger partial charge in [-0.3, -0.25) is 9.59 Å². The second-order valence-electron chi connectivity index (χ2n) is 9.72. The first-order valence-electron chi connectivity index (χ1n) is 11.8. The molecule has 2 aliphatic heterocycles. The number of benzene rings is 1. The van der Waals surface area contributed by atoms with E-state index in [1.807, 2.05) is 27.7 Å². The smallest absolute Gasteiger partial charge is 0.189 e. The molecule has 1 aromatic rings. The highest BCUT2D eigenvalue weighted by molar-refractivity contribution is 6.07. The Labute approximate surface area is 194 Å². The molecule has 0 aromatic heterocycles. The molecule has 0 radical (unpaired) electrons. The van der Waals surface area contributed by atoms with Crippen molar-refractivity contribution >= 4 is 11.6 Å². The summed E-state index contributed by atoms with van der Waals surface area (Å²) in [5.41, 5.74) is -1.08. The second-order valence-corrected chi connectivity index (χ2v) is 9.72. The number of rotatable bonds is 9. The molecule has 2 fully saturated rings. The first kappa shape index (κ1) is 25.6. The molecule has 1 aromatic carbocycles. The van der Waals surface area contributed by atoms with E-state index in [9.17, 15) is 30.0 Å². The van der Waals surface area contributed by atoms with Crippen molar-refractivity contribution in [2.45, 2.75) is 96.9 Å². The Bertz CT molecular complexity index is 896. The molecule has 0 bridgehead atoms. The maximum Gasteiger partial charge on any atom is 0.189 e. The third-order valence-electron chi connectivity index (χ3n) is 6.81. The van der Waals surface area contributed by atoms with Gasteiger partial charge in [0.05, 0.1) is 23.9 Å². The molecular weight excluding hydrogens is 428 g/mol. The van der Waals surface area contributed by atoms with Gasteiger partial charge in [-0.1, -0.05) is 34.1 Å². The molecule has 4 N–H and O–H groups in total. The van der Waals surface area contributed by atoms with E-state index >= 15 is 0 Å². The molecule has 2 saturated heterocycles. The molecule has 0 unspecified atom stereocenters. The summed E-state index contributed by atoms with van der Waals surface area (Å²) < 4.78 is 11.4. The standard InChI is InChI=1S/C25H36O8/c1-6-8-15(17-11-18(27)25(24(31)32-17)19(7-2)33-25)22(29)16-10-14(9-12(3)4)21(28)20(13(5)26)23(16)30/h10,12,15,17-19,24,27-28,30-31H,6-9,11H2,1-5H3/t15-,17+,18+,19-,24+,25+/m0/s1. The van der Waals surface area contributed by atoms with Gasteiger partial charge in [-0.15, -0.1) is 0 Å². The molecular formula is C25H36O8. The van der Waals surface area contributed by atoms with Gasteiger partial charge in [0.1, 0.15) is 17.1 Å². The highest BCUT2D eigenvalue weighted by atomic mass is 16.7. The summed E-state index contributed by atoms with van der Waals surface area (Å²) in [6.07, 6.45) is -1.32. The number of ether oxygens (including phenoxy) is 2. The van der Waals surface area contributed by atoms with Crippen LogP contribution in [0.5, 0.6) is 11.5 Å². The topological polar surface area (TPSA) is 137 Å². The largest absolute Gasteiger partial charge is 0.507 e. The maximum atomic E-state index is 13.7. The van der Waals surface area contributed by atoms with E-state index in [2.05, 4.69) is 0 Å². The summed E-state index contributed by atoms with van der Waals surface area (Å²) in [6, 6.07) is 1.44. The van der Waals surface area contributed by atoms with Crippen molar-refractivity contribution in [1.29, 1.82) is 0 Å². The number of aromatic hydroxyl groups is 2. The zero-order valence-electron chi connectivity index (χ0n) is 20.0. The van der Waals surface area contributed by atoms with Crippen LogP contribution in [0.25, 0.3) is 0 Å². The fraction of sp³-hybridized carbons (Fsp3) is 0.680. The van der Waals surface area contributed by atoms with Crippen molar-refractivity contribution in [1.82, 2.24) is 0 Å². The van der Waals surface area contributed by atoms with Crippen molar-refractivity contribution in [3.05, 3.63) is 22.8 Å². The molecule has 0 amide bonds. The predicted molar refractivity (Wildman–Crippen MR) is 120 cm³/mol. The number of ketones is 2. The number of aliphatic hydroxyl groups excluding tert-OH is 2. The minimum Gasteiger partial charge on any atom is -0.507 e. The molecule has 184 valence electrons. The van der Waals surface area contributed by atoms with Crippen LogP contribution < -0.4 is 0 Å². The zero-order valence-corrected chi connectivity index (χ0v) is 20.0. The van der Waals surface area contributed by atoms with Gasteiger partial charge < -0.3 is 29.9 Å². The third kappa shape index (κ3) is 4.54. The van der Waals surface area contributed by atoms with Crippen molar-refractivity contribution in [2.75, 3.05) is 0 Å². The number of carbonyl (C=O) groups excluding carboxylic acids is 2. The Morgan fingerprint density at radius 2 is 1.85 bits per heavy atom. The van der Waals surface area contributed by atoms with Gasteiger partial charge >= 0.3 is 0 Å². The van der Waals surface area contributed by atoms with E-state index < -0.39 is 47.3 Å². The summed E-state index contributed by atoms with van der Waals surface area (Å²) in [7, 11) is 0. The lowest BCUT2D eigenvalue weighted by Gasteiger charge is -2.39. The zero-order chi connectivity index (χ0) is 24.7. The lowest BCUT2D eigenvalue weighted by Crippen LogP contribution is -2.55. The number of aliphatic hydroxyl groups is 2. The molecule has 2 heterocycles. The summed E-state index contributed by atoms with van der Waals surface area (Å²) in [5, 5.41) is 42.7. The molecule has 3 rings (SSSR count). The third-order valence-corrected chi connectivity index (χ3v) is 6.81. The molecule has 0 aliphatic carbocycles. The van der Waals surface area contributed by atoms with Crippen LogP contribution in [0, 0.1) is 11.8 Å². The van der Waals surface area contributed by atoms with Crippen LogP contribution >= 0.6 is 0 Å². The SMILES string of the molecule is CCC[C@H](C(=O)c1cc(CC(C)C)c(O)c(C(C)=O)c1O)[C@H]1C[C@@H](O)[C@]2(O[C@H]2CC)[C@H](O)O1. The van der Waals surface area contributed by atoms with Crippen LogP contribution in [0.1, 0.15) is 86.6 Å². The summed E-state index contributed by atoms with van der Waals surface area (Å²) in [6.45, 7) is 8.90. The van der Waals surface area contributed by atoms with E-state index in [0.717, 1.165) is 0 Å². The Morgan fingerprint density at radius 3 is 2.33 bits per heavy atom. The number of Topliss-reactive ketones (excluding diaryl/α,β-unsaturated/α-hetero) is 2. The van der Waals surface area contributed by atoms with E-state index in [1.165, 1.54) is 13.0 Å². The lowest BCUT2D eigenvalue weighted by atomic mass is 9.80. The molecule has 8 nitrogen and oxygen atoms in total. The van der Waals surface area contributed by atoms with Gasteiger partial charge in [-0.25, -0.2) is 0 Å². The molecule has 8 heteroatoms. The van der Waals surface area contributed by atoms with Gasteiger partial charge in [0, 0.05) is 12.3 Å². The van der Waals surface area contributed by atoms with Gasteiger partial charge in [0.25, 0.3) is 0 Å². The fourth-order valence-electron chi connectivity index (χ4n) is 5.11. The maximum absolute atomic E-state index is 13.7. The van der Waals surface area contributed by atoms with E-state index in [-0.39, 0.29) is 35.3 Å². The first-order valence-corrected chi connectivity index (χ1v) is 11.8. The number of hydrogen-bond acceptors (Lipinski definition) is 8. The minimum atomic E-state index is -1.37. The van der Waals surface area contributed by atoms with E-state index in [0.29, 0.717) is 31.2 Å². The second kappa shape index (κ2) is 9.70. The van der Waals surface area contributed by atoms with Gasteiger partial charge in [0.2, 0.25) is 0 Å². The van der Waals surface area contributed by atoms with Crippen molar-refractivity contribution in [3.8, 4) is 11.5 Å². The summed E-state index contributed by atoms with van der Waals surface area (Å²) in [5.74, 6) is -2.49. The normalized spacial score (nSPS) is 29.9.